The van der Waals surface area contributed by atoms with Crippen LogP contribution >= 0.6 is 11.6 Å². The lowest BCUT2D eigenvalue weighted by Gasteiger charge is -2.09. The van der Waals surface area contributed by atoms with Crippen LogP contribution in [0.3, 0.4) is 0 Å². The molecule has 0 aliphatic carbocycles. The number of ether oxygens (including phenoxy) is 1. The first-order valence-electron chi connectivity index (χ1n) is 6.34. The van der Waals surface area contributed by atoms with E-state index < -0.39 is 5.82 Å². The average molecular weight is 321 g/mol. The maximum absolute atomic E-state index is 13.7. The van der Waals surface area contributed by atoms with Crippen LogP contribution in [0.5, 0.6) is 5.75 Å². The molecular formula is C15H14ClFN4O. The number of halogens is 2. The Kier molecular flexibility index (Phi) is 5.32. The van der Waals surface area contributed by atoms with Gasteiger partial charge in [0.15, 0.2) is 0 Å². The molecule has 0 fully saturated rings. The number of benzene rings is 2. The van der Waals surface area contributed by atoms with Crippen LogP contribution in [-0.4, -0.2) is 12.2 Å². The summed E-state index contributed by atoms with van der Waals surface area (Å²) in [5.41, 5.74) is 11.4. The first-order valence-corrected chi connectivity index (χ1v) is 6.72. The second-order valence-electron chi connectivity index (χ2n) is 4.33. The minimum atomic E-state index is -0.405. The summed E-state index contributed by atoms with van der Waals surface area (Å²) in [5, 5.41) is 7.53. The van der Waals surface area contributed by atoms with E-state index in [-0.39, 0.29) is 12.6 Å². The quantitative estimate of drug-likeness (QED) is 0.504. The van der Waals surface area contributed by atoms with Crippen molar-refractivity contribution in [1.82, 2.24) is 0 Å². The molecule has 7 heteroatoms. The molecule has 2 aromatic carbocycles. The SMILES string of the molecule is NC(N)=NN=Cc1cccc(OCc2c(F)cccc2Cl)c1. The lowest BCUT2D eigenvalue weighted by atomic mass is 10.2. The van der Waals surface area contributed by atoms with Gasteiger partial charge in [-0.3, -0.25) is 0 Å². The Morgan fingerprint density at radius 1 is 1.23 bits per heavy atom. The number of hydrogen-bond donors (Lipinski definition) is 2. The summed E-state index contributed by atoms with van der Waals surface area (Å²) in [5.74, 6) is 0.0174. The summed E-state index contributed by atoms with van der Waals surface area (Å²) in [7, 11) is 0. The van der Waals surface area contributed by atoms with E-state index in [1.807, 2.05) is 0 Å². The molecule has 0 radical (unpaired) electrons. The Morgan fingerprint density at radius 2 is 2.00 bits per heavy atom. The van der Waals surface area contributed by atoms with Gasteiger partial charge < -0.3 is 16.2 Å². The molecule has 5 nitrogen and oxygen atoms in total. The summed E-state index contributed by atoms with van der Waals surface area (Å²) in [6.07, 6.45) is 1.47. The van der Waals surface area contributed by atoms with Gasteiger partial charge in [0.05, 0.1) is 11.2 Å². The molecule has 0 spiro atoms. The first-order chi connectivity index (χ1) is 10.6. The van der Waals surface area contributed by atoms with Crippen molar-refractivity contribution in [2.24, 2.45) is 21.7 Å². The standard InChI is InChI=1S/C15H14ClFN4O/c16-13-5-2-6-14(17)12(13)9-22-11-4-1-3-10(7-11)8-20-21-15(18)19/h1-8H,9H2,(H4,18,19,21). The van der Waals surface area contributed by atoms with E-state index >= 15 is 0 Å². The highest BCUT2D eigenvalue weighted by Crippen LogP contribution is 2.21. The average Bonchev–Trinajstić information content (AvgIpc) is 2.47. The molecule has 4 N–H and O–H groups in total. The monoisotopic (exact) mass is 320 g/mol. The minimum Gasteiger partial charge on any atom is -0.489 e. The molecular weight excluding hydrogens is 307 g/mol. The van der Waals surface area contributed by atoms with E-state index in [4.69, 9.17) is 27.8 Å². The topological polar surface area (TPSA) is 86.0 Å². The number of hydrogen-bond acceptors (Lipinski definition) is 3. The van der Waals surface area contributed by atoms with Gasteiger partial charge in [-0.2, -0.15) is 5.10 Å². The maximum Gasteiger partial charge on any atom is 0.211 e. The molecule has 22 heavy (non-hydrogen) atoms. The molecule has 0 heterocycles. The lowest BCUT2D eigenvalue weighted by molar-refractivity contribution is 0.300. The zero-order chi connectivity index (χ0) is 15.9. The zero-order valence-corrected chi connectivity index (χ0v) is 12.3. The molecule has 0 saturated heterocycles. The lowest BCUT2D eigenvalue weighted by Crippen LogP contribution is -2.21. The van der Waals surface area contributed by atoms with E-state index in [2.05, 4.69) is 10.2 Å². The van der Waals surface area contributed by atoms with Crippen LogP contribution in [0.15, 0.2) is 52.7 Å². The molecule has 0 unspecified atom stereocenters. The van der Waals surface area contributed by atoms with Crippen molar-refractivity contribution in [3.05, 3.63) is 64.4 Å². The molecule has 0 atom stereocenters. The van der Waals surface area contributed by atoms with Crippen LogP contribution in [0, 0.1) is 5.82 Å². The van der Waals surface area contributed by atoms with Crippen LogP contribution in [0.1, 0.15) is 11.1 Å². The van der Waals surface area contributed by atoms with Gasteiger partial charge in [-0.25, -0.2) is 4.39 Å². The second kappa shape index (κ2) is 7.42. The molecule has 0 aliphatic rings. The predicted molar refractivity (Wildman–Crippen MR) is 85.6 cm³/mol. The van der Waals surface area contributed by atoms with Gasteiger partial charge in [-0.15, -0.1) is 5.10 Å². The molecule has 0 amide bonds. The molecule has 0 aliphatic heterocycles. The van der Waals surface area contributed by atoms with Crippen LogP contribution in [-0.2, 0) is 6.61 Å². The third kappa shape index (κ3) is 4.46. The highest BCUT2D eigenvalue weighted by Gasteiger charge is 2.07. The number of rotatable bonds is 5. The number of guanidine groups is 1. The fourth-order valence-electron chi connectivity index (χ4n) is 1.67. The van der Waals surface area contributed by atoms with Crippen molar-refractivity contribution in [3.8, 4) is 5.75 Å². The summed E-state index contributed by atoms with van der Waals surface area (Å²) in [4.78, 5) is 0. The van der Waals surface area contributed by atoms with Crippen LogP contribution in [0.25, 0.3) is 0 Å². The molecule has 0 saturated carbocycles. The van der Waals surface area contributed by atoms with E-state index in [0.717, 1.165) is 5.56 Å². The van der Waals surface area contributed by atoms with E-state index in [0.29, 0.717) is 16.3 Å². The Bertz CT molecular complexity index is 694. The molecule has 114 valence electrons. The van der Waals surface area contributed by atoms with E-state index in [1.54, 1.807) is 36.4 Å². The fraction of sp³-hybridized carbons (Fsp3) is 0.0667. The third-order valence-electron chi connectivity index (χ3n) is 2.68. The molecule has 0 bridgehead atoms. The Labute approximate surface area is 132 Å². The van der Waals surface area contributed by atoms with E-state index in [1.165, 1.54) is 12.3 Å². The van der Waals surface area contributed by atoms with Gasteiger partial charge in [0.1, 0.15) is 18.2 Å². The van der Waals surface area contributed by atoms with Crippen molar-refractivity contribution in [1.29, 1.82) is 0 Å². The maximum atomic E-state index is 13.7. The second-order valence-corrected chi connectivity index (χ2v) is 4.74. The molecule has 2 aromatic rings. The zero-order valence-electron chi connectivity index (χ0n) is 11.5. The molecule has 0 aromatic heterocycles. The Morgan fingerprint density at radius 3 is 2.73 bits per heavy atom. The van der Waals surface area contributed by atoms with Gasteiger partial charge in [0.25, 0.3) is 0 Å². The smallest absolute Gasteiger partial charge is 0.211 e. The number of nitrogens with zero attached hydrogens (tertiary/aromatic N) is 2. The van der Waals surface area contributed by atoms with Gasteiger partial charge in [0, 0.05) is 5.56 Å². The highest BCUT2D eigenvalue weighted by molar-refractivity contribution is 6.31. The van der Waals surface area contributed by atoms with Crippen LogP contribution in [0.2, 0.25) is 5.02 Å². The van der Waals surface area contributed by atoms with Gasteiger partial charge in [-0.05, 0) is 29.8 Å². The first kappa shape index (κ1) is 15.8. The highest BCUT2D eigenvalue weighted by atomic mass is 35.5. The van der Waals surface area contributed by atoms with Crippen LogP contribution < -0.4 is 16.2 Å². The largest absolute Gasteiger partial charge is 0.489 e. The summed E-state index contributed by atoms with van der Waals surface area (Å²) in [6.45, 7) is 0.0278. The Balaban J connectivity index is 2.08. The van der Waals surface area contributed by atoms with Gasteiger partial charge in [-0.1, -0.05) is 29.8 Å². The van der Waals surface area contributed by atoms with Crippen molar-refractivity contribution in [3.63, 3.8) is 0 Å². The van der Waals surface area contributed by atoms with Crippen LogP contribution in [0.4, 0.5) is 4.39 Å². The van der Waals surface area contributed by atoms with Gasteiger partial charge in [0.2, 0.25) is 5.96 Å². The van der Waals surface area contributed by atoms with Crippen molar-refractivity contribution in [2.75, 3.05) is 0 Å². The third-order valence-corrected chi connectivity index (χ3v) is 3.04. The Hall–Kier alpha value is -2.60. The predicted octanol–water partition coefficient (Wildman–Crippen LogP) is 2.67. The normalized spacial score (nSPS) is 10.6. The fourth-order valence-corrected chi connectivity index (χ4v) is 1.89. The minimum absolute atomic E-state index is 0.0278. The van der Waals surface area contributed by atoms with Gasteiger partial charge >= 0.3 is 0 Å². The van der Waals surface area contributed by atoms with E-state index in [9.17, 15) is 4.39 Å². The summed E-state index contributed by atoms with van der Waals surface area (Å²) < 4.78 is 19.2. The summed E-state index contributed by atoms with van der Waals surface area (Å²) in [6, 6.07) is 11.5. The number of nitrogens with two attached hydrogens (primary N) is 2. The van der Waals surface area contributed by atoms with Crippen molar-refractivity contribution >= 4 is 23.8 Å². The molecule has 2 rings (SSSR count). The van der Waals surface area contributed by atoms with Crippen molar-refractivity contribution < 1.29 is 9.13 Å². The van der Waals surface area contributed by atoms with Crippen molar-refractivity contribution in [2.45, 2.75) is 6.61 Å². The summed E-state index contributed by atoms with van der Waals surface area (Å²) >= 11 is 5.95.